The molecular formula is C12H17N5OS. The van der Waals surface area contributed by atoms with Gasteiger partial charge in [-0.15, -0.1) is 0 Å². The summed E-state index contributed by atoms with van der Waals surface area (Å²) >= 11 is 1.26. The Labute approximate surface area is 115 Å². The highest BCUT2D eigenvalue weighted by Crippen LogP contribution is 2.32. The molecule has 3 rings (SSSR count). The summed E-state index contributed by atoms with van der Waals surface area (Å²) < 4.78 is 9.55. The summed E-state index contributed by atoms with van der Waals surface area (Å²) in [5.41, 5.74) is 7.52. The second-order valence-corrected chi connectivity index (χ2v) is 5.61. The summed E-state index contributed by atoms with van der Waals surface area (Å²) in [6.07, 6.45) is 4.93. The van der Waals surface area contributed by atoms with Crippen molar-refractivity contribution in [3.63, 3.8) is 0 Å². The monoisotopic (exact) mass is 279 g/mol. The molecule has 1 fully saturated rings. The molecule has 1 saturated heterocycles. The molecule has 102 valence electrons. The van der Waals surface area contributed by atoms with E-state index >= 15 is 0 Å². The van der Waals surface area contributed by atoms with Crippen molar-refractivity contribution in [3.8, 4) is 11.5 Å². The Morgan fingerprint density at radius 2 is 1.95 bits per heavy atom. The predicted molar refractivity (Wildman–Crippen MR) is 75.2 cm³/mol. The van der Waals surface area contributed by atoms with Crippen molar-refractivity contribution >= 4 is 22.5 Å². The van der Waals surface area contributed by atoms with Gasteiger partial charge >= 0.3 is 0 Å². The van der Waals surface area contributed by atoms with Crippen LogP contribution in [0.3, 0.4) is 0 Å². The van der Waals surface area contributed by atoms with Crippen molar-refractivity contribution in [1.29, 1.82) is 0 Å². The molecule has 0 spiro atoms. The van der Waals surface area contributed by atoms with Crippen molar-refractivity contribution in [3.05, 3.63) is 5.69 Å². The van der Waals surface area contributed by atoms with Gasteiger partial charge in [0, 0.05) is 13.1 Å². The number of anilines is 2. The van der Waals surface area contributed by atoms with E-state index in [2.05, 4.69) is 19.4 Å². The molecule has 0 radical (unpaired) electrons. The van der Waals surface area contributed by atoms with Gasteiger partial charge in [-0.2, -0.15) is 9.36 Å². The van der Waals surface area contributed by atoms with Crippen LogP contribution in [0.15, 0.2) is 4.52 Å². The van der Waals surface area contributed by atoms with Gasteiger partial charge in [-0.1, -0.05) is 12.8 Å². The Balaban J connectivity index is 1.86. The second kappa shape index (κ2) is 5.16. The van der Waals surface area contributed by atoms with E-state index in [1.165, 1.54) is 37.2 Å². The lowest BCUT2D eigenvalue weighted by molar-refractivity contribution is 0.429. The third-order valence-corrected chi connectivity index (χ3v) is 4.17. The fourth-order valence-corrected chi connectivity index (χ4v) is 3.02. The lowest BCUT2D eigenvalue weighted by Gasteiger charge is -2.16. The number of rotatable bonds is 2. The Kier molecular flexibility index (Phi) is 3.37. The minimum absolute atomic E-state index is 0.475. The number of nitrogen functional groups attached to an aromatic ring is 1. The molecule has 0 saturated carbocycles. The van der Waals surface area contributed by atoms with E-state index in [1.54, 1.807) is 0 Å². The van der Waals surface area contributed by atoms with Crippen molar-refractivity contribution in [2.45, 2.75) is 32.6 Å². The molecule has 2 aromatic rings. The molecular weight excluding hydrogens is 262 g/mol. The molecule has 7 heteroatoms. The largest absolute Gasteiger partial charge is 0.389 e. The first-order valence-corrected chi connectivity index (χ1v) is 7.34. The maximum atomic E-state index is 5.90. The van der Waals surface area contributed by atoms with Gasteiger partial charge in [0.25, 0.3) is 11.8 Å². The van der Waals surface area contributed by atoms with Crippen LogP contribution >= 0.6 is 11.5 Å². The standard InChI is InChI=1S/C12H17N5OS/c1-8-9(10(13)19-16-8)11-14-12(15-18-11)17-6-4-2-3-5-7-17/h2-7,13H2,1H3. The summed E-state index contributed by atoms with van der Waals surface area (Å²) in [6.45, 7) is 3.89. The van der Waals surface area contributed by atoms with Crippen LogP contribution in [0.2, 0.25) is 0 Å². The smallest absolute Gasteiger partial charge is 0.266 e. The Bertz CT molecular complexity index is 537. The lowest BCUT2D eigenvalue weighted by Crippen LogP contribution is -2.24. The molecule has 1 aliphatic heterocycles. The normalized spacial score (nSPS) is 16.6. The maximum absolute atomic E-state index is 5.90. The average Bonchev–Trinajstić information content (AvgIpc) is 2.88. The zero-order chi connectivity index (χ0) is 13.2. The molecule has 6 nitrogen and oxygen atoms in total. The highest BCUT2D eigenvalue weighted by molar-refractivity contribution is 7.10. The summed E-state index contributed by atoms with van der Waals surface area (Å²) in [4.78, 5) is 6.66. The highest BCUT2D eigenvalue weighted by Gasteiger charge is 2.20. The molecule has 0 atom stereocenters. The Hall–Kier alpha value is -1.63. The number of nitrogens with two attached hydrogens (primary N) is 1. The molecule has 0 aromatic carbocycles. The van der Waals surface area contributed by atoms with Crippen LogP contribution in [-0.4, -0.2) is 27.6 Å². The lowest BCUT2D eigenvalue weighted by atomic mass is 10.2. The minimum Gasteiger partial charge on any atom is -0.389 e. The zero-order valence-electron chi connectivity index (χ0n) is 10.9. The van der Waals surface area contributed by atoms with Gasteiger partial charge in [0.1, 0.15) is 5.00 Å². The SMILES string of the molecule is Cc1nsc(N)c1-c1nc(N2CCCCCC2)no1. The average molecular weight is 279 g/mol. The van der Waals surface area contributed by atoms with Crippen LogP contribution in [0.25, 0.3) is 11.5 Å². The van der Waals surface area contributed by atoms with Crippen LogP contribution in [-0.2, 0) is 0 Å². The van der Waals surface area contributed by atoms with E-state index in [1.807, 2.05) is 6.92 Å². The topological polar surface area (TPSA) is 81.1 Å². The van der Waals surface area contributed by atoms with Crippen LogP contribution in [0.1, 0.15) is 31.4 Å². The summed E-state index contributed by atoms with van der Waals surface area (Å²) in [5.74, 6) is 1.14. The molecule has 0 unspecified atom stereocenters. The van der Waals surface area contributed by atoms with Crippen molar-refractivity contribution < 1.29 is 4.52 Å². The van der Waals surface area contributed by atoms with E-state index in [0.29, 0.717) is 16.8 Å². The van der Waals surface area contributed by atoms with Crippen LogP contribution in [0, 0.1) is 6.92 Å². The van der Waals surface area contributed by atoms with Gasteiger partial charge in [0.2, 0.25) is 0 Å². The molecule has 2 aromatic heterocycles. The van der Waals surface area contributed by atoms with Gasteiger partial charge in [0.05, 0.1) is 11.3 Å². The number of hydrogen-bond acceptors (Lipinski definition) is 7. The van der Waals surface area contributed by atoms with Gasteiger partial charge in [0.15, 0.2) is 0 Å². The van der Waals surface area contributed by atoms with Crippen LogP contribution < -0.4 is 10.6 Å². The number of aryl methyl sites for hydroxylation is 1. The van der Waals surface area contributed by atoms with Crippen molar-refractivity contribution in [1.82, 2.24) is 14.5 Å². The summed E-state index contributed by atoms with van der Waals surface area (Å²) in [7, 11) is 0. The molecule has 2 N–H and O–H groups in total. The first kappa shape index (κ1) is 12.4. The quantitative estimate of drug-likeness (QED) is 0.909. The van der Waals surface area contributed by atoms with E-state index in [0.717, 1.165) is 24.3 Å². The second-order valence-electron chi connectivity index (χ2n) is 4.81. The third kappa shape index (κ3) is 2.42. The maximum Gasteiger partial charge on any atom is 0.266 e. The molecule has 1 aliphatic rings. The molecule has 19 heavy (non-hydrogen) atoms. The van der Waals surface area contributed by atoms with E-state index < -0.39 is 0 Å². The van der Waals surface area contributed by atoms with Gasteiger partial charge < -0.3 is 15.2 Å². The first-order valence-electron chi connectivity index (χ1n) is 6.56. The third-order valence-electron chi connectivity index (χ3n) is 3.41. The fourth-order valence-electron chi connectivity index (χ4n) is 2.36. The summed E-state index contributed by atoms with van der Waals surface area (Å²) in [6, 6.07) is 0. The van der Waals surface area contributed by atoms with Gasteiger partial charge in [-0.05, 0) is 36.5 Å². The van der Waals surface area contributed by atoms with Gasteiger partial charge in [-0.3, -0.25) is 0 Å². The van der Waals surface area contributed by atoms with Gasteiger partial charge in [-0.25, -0.2) is 0 Å². The zero-order valence-corrected chi connectivity index (χ0v) is 11.7. The molecule has 0 amide bonds. The Morgan fingerprint density at radius 3 is 2.58 bits per heavy atom. The first-order chi connectivity index (χ1) is 9.25. The molecule has 3 heterocycles. The molecule has 0 bridgehead atoms. The van der Waals surface area contributed by atoms with E-state index in [-0.39, 0.29) is 0 Å². The summed E-state index contributed by atoms with van der Waals surface area (Å²) in [5, 5.41) is 4.71. The van der Waals surface area contributed by atoms with Crippen LogP contribution in [0.4, 0.5) is 10.9 Å². The number of nitrogens with zero attached hydrogens (tertiary/aromatic N) is 4. The van der Waals surface area contributed by atoms with E-state index in [4.69, 9.17) is 10.3 Å². The van der Waals surface area contributed by atoms with Crippen LogP contribution in [0.5, 0.6) is 0 Å². The highest BCUT2D eigenvalue weighted by atomic mass is 32.1. The van der Waals surface area contributed by atoms with E-state index in [9.17, 15) is 0 Å². The fraction of sp³-hybridized carbons (Fsp3) is 0.583. The number of aromatic nitrogens is 3. The van der Waals surface area contributed by atoms with Crippen molar-refractivity contribution in [2.75, 3.05) is 23.7 Å². The molecule has 0 aliphatic carbocycles. The van der Waals surface area contributed by atoms with Crippen molar-refractivity contribution in [2.24, 2.45) is 0 Å². The number of hydrogen-bond donors (Lipinski definition) is 1. The Morgan fingerprint density at radius 1 is 1.21 bits per heavy atom. The predicted octanol–water partition coefficient (Wildman–Crippen LogP) is 2.46. The minimum atomic E-state index is 0.475.